The van der Waals surface area contributed by atoms with E-state index in [1.165, 1.54) is 22.3 Å². The maximum absolute atomic E-state index is 11.8. The topological polar surface area (TPSA) is 20.2 Å². The van der Waals surface area contributed by atoms with E-state index >= 15 is 0 Å². The van der Waals surface area contributed by atoms with Crippen LogP contribution in [0.15, 0.2) is 113 Å². The predicted octanol–water partition coefficient (Wildman–Crippen LogP) is 8.00. The minimum Gasteiger partial charge on any atom is -0.380 e. The van der Waals surface area contributed by atoms with Gasteiger partial charge in [0.05, 0.1) is 0 Å². The first-order valence-corrected chi connectivity index (χ1v) is 10.6. The Hall–Kier alpha value is -2.02. The number of allylic oxidation sites excluding steroid dienone is 3. The van der Waals surface area contributed by atoms with E-state index in [9.17, 15) is 5.11 Å². The van der Waals surface area contributed by atoms with Crippen molar-refractivity contribution in [3.63, 3.8) is 0 Å². The van der Waals surface area contributed by atoms with Gasteiger partial charge in [0, 0.05) is 6.42 Å². The molecule has 0 aliphatic heterocycles. The van der Waals surface area contributed by atoms with E-state index in [0.717, 1.165) is 11.1 Å². The second-order valence-corrected chi connectivity index (χ2v) is 8.03. The zero-order valence-corrected chi connectivity index (χ0v) is 23.3. The fourth-order valence-electron chi connectivity index (χ4n) is 4.15. The molecule has 1 aliphatic carbocycles. The molecule has 1 N–H and O–H groups in total. The van der Waals surface area contributed by atoms with Gasteiger partial charge >= 0.3 is 26.2 Å². The third-order valence-corrected chi connectivity index (χ3v) is 6.36. The van der Waals surface area contributed by atoms with Gasteiger partial charge < -0.3 is 20.0 Å². The maximum atomic E-state index is 11.8. The van der Waals surface area contributed by atoms with E-state index in [0.29, 0.717) is 12.3 Å². The fourth-order valence-corrected chi connectivity index (χ4v) is 4.15. The third kappa shape index (κ3) is 7.23. The Morgan fingerprint density at radius 3 is 1.45 bits per heavy atom. The van der Waals surface area contributed by atoms with Crippen LogP contribution in [-0.2, 0) is 31.8 Å². The van der Waals surface area contributed by atoms with E-state index in [1.54, 1.807) is 0 Å². The van der Waals surface area contributed by atoms with Gasteiger partial charge in [0.25, 0.3) is 0 Å². The van der Waals surface area contributed by atoms with Gasteiger partial charge in [-0.25, -0.2) is 0 Å². The Morgan fingerprint density at radius 1 is 0.727 bits per heavy atom. The largest absolute Gasteiger partial charge is 3.00 e. The van der Waals surface area contributed by atoms with Gasteiger partial charge in [-0.15, -0.1) is 0 Å². The molecule has 171 valence electrons. The van der Waals surface area contributed by atoms with Crippen LogP contribution in [0.3, 0.4) is 0 Å². The molecule has 1 nitrogen and oxygen atoms in total. The molecule has 1 atom stereocenters. The van der Waals surface area contributed by atoms with Crippen LogP contribution in [0.5, 0.6) is 0 Å². The Balaban J connectivity index is 0.000000996. The molecule has 0 spiro atoms. The summed E-state index contributed by atoms with van der Waals surface area (Å²) >= 11 is 0. The molecule has 0 fully saturated rings. The molecule has 1 aliphatic rings. The summed E-state index contributed by atoms with van der Waals surface area (Å²) in [6, 6.07) is 32.6. The molecule has 0 heterocycles. The standard InChI is InChI=1S/C23H26O.C6H5.2CH3.Zr/c1-16-17(2)19(4)22(18(16)3)15-23(24,20-11-7-5-8-12-20)21-13-9-6-10-14-21;1-2-4-6-5-3-1;;;/h5-14,18,24H,15H2,1-4H3;1-5H;2*1H3;/q;3*-1;+3. The Kier molecular flexibility index (Phi) is 13.4. The van der Waals surface area contributed by atoms with Crippen molar-refractivity contribution in [3.05, 3.63) is 145 Å². The van der Waals surface area contributed by atoms with Gasteiger partial charge in [-0.2, -0.15) is 36.4 Å². The van der Waals surface area contributed by atoms with Crippen LogP contribution >= 0.6 is 0 Å². The maximum Gasteiger partial charge on any atom is 3.00 e. The summed E-state index contributed by atoms with van der Waals surface area (Å²) in [6.45, 7) is 8.84. The van der Waals surface area contributed by atoms with Gasteiger partial charge in [0.2, 0.25) is 0 Å². The first-order valence-electron chi connectivity index (χ1n) is 10.6. The van der Waals surface area contributed by atoms with Crippen LogP contribution in [0.25, 0.3) is 0 Å². The Morgan fingerprint density at radius 2 is 1.15 bits per heavy atom. The second-order valence-electron chi connectivity index (χ2n) is 8.03. The quantitative estimate of drug-likeness (QED) is 0.348. The van der Waals surface area contributed by atoms with E-state index in [4.69, 9.17) is 0 Å². The molecule has 2 heteroatoms. The molecule has 0 bridgehead atoms. The molecule has 0 aromatic heterocycles. The first-order chi connectivity index (χ1) is 14.4. The molecule has 0 saturated heterocycles. The smallest absolute Gasteiger partial charge is 0.380 e. The summed E-state index contributed by atoms with van der Waals surface area (Å²) in [6.07, 6.45) is 0.628. The van der Waals surface area contributed by atoms with E-state index < -0.39 is 5.60 Å². The molecular weight excluding hydrogens is 480 g/mol. The monoisotopic (exact) mass is 515 g/mol. The molecule has 0 amide bonds. The normalized spacial score (nSPS) is 14.9. The van der Waals surface area contributed by atoms with Gasteiger partial charge in [-0.05, 0) is 49.0 Å². The SMILES string of the molecule is CC1=C(C)C(C)C(CC(O)(c2ccccc2)c2ccccc2)=C1C.[CH3-].[CH3-].[Zr+3].[c-]1ccccc1. The zero-order chi connectivity index (χ0) is 21.6. The van der Waals surface area contributed by atoms with Crippen molar-refractivity contribution in [2.24, 2.45) is 5.92 Å². The van der Waals surface area contributed by atoms with Gasteiger partial charge in [-0.1, -0.05) is 78.7 Å². The number of benzene rings is 3. The third-order valence-electron chi connectivity index (χ3n) is 6.36. The van der Waals surface area contributed by atoms with Crippen LogP contribution < -0.4 is 0 Å². The van der Waals surface area contributed by atoms with Crippen LogP contribution in [-0.4, -0.2) is 5.11 Å². The van der Waals surface area contributed by atoms with Crippen LogP contribution in [0, 0.1) is 26.8 Å². The summed E-state index contributed by atoms with van der Waals surface area (Å²) in [7, 11) is 0. The predicted molar refractivity (Wildman–Crippen MR) is 139 cm³/mol. The molecule has 1 unspecified atom stereocenters. The molecule has 0 saturated carbocycles. The Bertz CT molecular complexity index is 938. The van der Waals surface area contributed by atoms with E-state index in [1.807, 2.05) is 91.0 Å². The van der Waals surface area contributed by atoms with Crippen molar-refractivity contribution in [1.29, 1.82) is 0 Å². The Labute approximate surface area is 221 Å². The average molecular weight is 517 g/mol. The fraction of sp³-hybridized carbons (Fsp3) is 0.226. The summed E-state index contributed by atoms with van der Waals surface area (Å²) in [5, 5.41) is 11.8. The molecule has 1 radical (unpaired) electrons. The van der Waals surface area contributed by atoms with E-state index in [-0.39, 0.29) is 41.1 Å². The van der Waals surface area contributed by atoms with Gasteiger partial charge in [-0.3, -0.25) is 0 Å². The first kappa shape index (κ1) is 31.0. The molecular formula is C31H37OZr. The van der Waals surface area contributed by atoms with Crippen molar-refractivity contribution >= 4 is 0 Å². The number of rotatable bonds is 4. The minimum atomic E-state index is -1.00. The molecule has 33 heavy (non-hydrogen) atoms. The van der Waals surface area contributed by atoms with Crippen LogP contribution in [0.2, 0.25) is 0 Å². The van der Waals surface area contributed by atoms with Crippen LogP contribution in [0.1, 0.15) is 45.2 Å². The van der Waals surface area contributed by atoms with Crippen LogP contribution in [0.4, 0.5) is 0 Å². The van der Waals surface area contributed by atoms with Gasteiger partial charge in [0.15, 0.2) is 0 Å². The zero-order valence-electron chi connectivity index (χ0n) is 20.9. The number of hydrogen-bond donors (Lipinski definition) is 1. The van der Waals surface area contributed by atoms with Crippen molar-refractivity contribution in [3.8, 4) is 0 Å². The molecule has 3 aromatic rings. The summed E-state index contributed by atoms with van der Waals surface area (Å²) in [5.74, 6) is 0.393. The van der Waals surface area contributed by atoms with Crippen molar-refractivity contribution in [2.45, 2.75) is 39.7 Å². The van der Waals surface area contributed by atoms with E-state index in [2.05, 4.69) is 33.8 Å². The van der Waals surface area contributed by atoms with Crippen molar-refractivity contribution < 1.29 is 31.3 Å². The summed E-state index contributed by atoms with van der Waals surface area (Å²) in [4.78, 5) is 0. The number of aliphatic hydroxyl groups is 1. The molecule has 3 aromatic carbocycles. The van der Waals surface area contributed by atoms with Crippen molar-refractivity contribution in [2.75, 3.05) is 0 Å². The van der Waals surface area contributed by atoms with Crippen molar-refractivity contribution in [1.82, 2.24) is 0 Å². The number of hydrogen-bond acceptors (Lipinski definition) is 1. The molecule has 4 rings (SSSR count). The second kappa shape index (κ2) is 14.3. The average Bonchev–Trinajstić information content (AvgIpc) is 2.99. The summed E-state index contributed by atoms with van der Waals surface area (Å²) < 4.78 is 0. The van der Waals surface area contributed by atoms with Gasteiger partial charge in [0.1, 0.15) is 5.60 Å². The minimum absolute atomic E-state index is 0. The summed E-state index contributed by atoms with van der Waals surface area (Å²) in [5.41, 5.74) is 6.38.